The van der Waals surface area contributed by atoms with Crippen molar-refractivity contribution in [3.8, 4) is 0 Å². The third-order valence-electron chi connectivity index (χ3n) is 2.71. The Hall–Kier alpha value is -1.39. The summed E-state index contributed by atoms with van der Waals surface area (Å²) in [5, 5.41) is 0. The van der Waals surface area contributed by atoms with Crippen LogP contribution in [0.1, 0.15) is 5.56 Å². The number of aryl methyl sites for hydroxylation is 1. The summed E-state index contributed by atoms with van der Waals surface area (Å²) >= 11 is 0. The number of ether oxygens (including phenoxy) is 1. The van der Waals surface area contributed by atoms with Crippen LogP contribution < -0.4 is 10.6 Å². The molecule has 1 aliphatic heterocycles. The number of benzene rings is 1. The zero-order chi connectivity index (χ0) is 11.5. The Labute approximate surface area is 95.0 Å². The van der Waals surface area contributed by atoms with E-state index in [1.54, 1.807) is 4.90 Å². The molecule has 2 N–H and O–H groups in total. The zero-order valence-electron chi connectivity index (χ0n) is 9.35. The van der Waals surface area contributed by atoms with Crippen LogP contribution >= 0.6 is 0 Å². The molecule has 1 aromatic carbocycles. The Bertz CT molecular complexity index is 392. The molecule has 86 valence electrons. The first-order chi connectivity index (χ1) is 7.70. The third-order valence-corrected chi connectivity index (χ3v) is 2.71. The minimum atomic E-state index is -0.0572. The van der Waals surface area contributed by atoms with Crippen LogP contribution in [0.3, 0.4) is 0 Å². The molecule has 1 unspecified atom stereocenters. The number of rotatable bonds is 2. The summed E-state index contributed by atoms with van der Waals surface area (Å²) in [6.07, 6.45) is -0.0572. The first-order valence-corrected chi connectivity index (χ1v) is 5.39. The number of carbonyl (C=O) groups is 1. The number of carbonyl (C=O) groups excluding carboxylic acids is 1. The number of morpholine rings is 1. The van der Waals surface area contributed by atoms with Gasteiger partial charge in [0.2, 0.25) is 0 Å². The van der Waals surface area contributed by atoms with Crippen LogP contribution in [0.2, 0.25) is 0 Å². The van der Waals surface area contributed by atoms with Gasteiger partial charge >= 0.3 is 0 Å². The van der Waals surface area contributed by atoms with Crippen molar-refractivity contribution < 1.29 is 9.53 Å². The van der Waals surface area contributed by atoms with Gasteiger partial charge in [-0.2, -0.15) is 0 Å². The first-order valence-electron chi connectivity index (χ1n) is 5.39. The average Bonchev–Trinajstić information content (AvgIpc) is 2.30. The fourth-order valence-electron chi connectivity index (χ4n) is 1.81. The number of nitrogens with two attached hydrogens (primary N) is 1. The lowest BCUT2D eigenvalue weighted by molar-refractivity contribution is -0.128. The first kappa shape index (κ1) is 11.1. The van der Waals surface area contributed by atoms with E-state index in [-0.39, 0.29) is 18.6 Å². The largest absolute Gasteiger partial charge is 0.365 e. The third kappa shape index (κ3) is 2.23. The van der Waals surface area contributed by atoms with E-state index in [1.807, 2.05) is 31.2 Å². The van der Waals surface area contributed by atoms with Gasteiger partial charge in [-0.3, -0.25) is 4.79 Å². The lowest BCUT2D eigenvalue weighted by atomic mass is 10.2. The summed E-state index contributed by atoms with van der Waals surface area (Å²) in [7, 11) is 0. The molecule has 16 heavy (non-hydrogen) atoms. The molecule has 0 aromatic heterocycles. The Morgan fingerprint density at radius 2 is 2.38 bits per heavy atom. The van der Waals surface area contributed by atoms with Crippen LogP contribution in [0.15, 0.2) is 24.3 Å². The molecule has 1 atom stereocenters. The summed E-state index contributed by atoms with van der Waals surface area (Å²) in [5.74, 6) is -0.00435. The van der Waals surface area contributed by atoms with Crippen molar-refractivity contribution in [2.45, 2.75) is 13.0 Å². The van der Waals surface area contributed by atoms with Crippen molar-refractivity contribution >= 4 is 11.6 Å². The van der Waals surface area contributed by atoms with Crippen LogP contribution in [0, 0.1) is 6.92 Å². The summed E-state index contributed by atoms with van der Waals surface area (Å²) in [5.41, 5.74) is 7.62. The second-order valence-electron chi connectivity index (χ2n) is 4.01. The SMILES string of the molecule is Cc1cccc(N2CC(CN)OCC2=O)c1. The maximum atomic E-state index is 11.7. The predicted molar refractivity (Wildman–Crippen MR) is 62.3 cm³/mol. The second kappa shape index (κ2) is 4.63. The van der Waals surface area contributed by atoms with Crippen LogP contribution in [-0.2, 0) is 9.53 Å². The van der Waals surface area contributed by atoms with Crippen LogP contribution in [-0.4, -0.2) is 31.7 Å². The van der Waals surface area contributed by atoms with Gasteiger partial charge in [-0.1, -0.05) is 12.1 Å². The lowest BCUT2D eigenvalue weighted by Crippen LogP contribution is -2.49. The molecule has 0 aliphatic carbocycles. The van der Waals surface area contributed by atoms with E-state index in [0.717, 1.165) is 11.3 Å². The quantitative estimate of drug-likeness (QED) is 0.797. The highest BCUT2D eigenvalue weighted by molar-refractivity contribution is 5.95. The zero-order valence-corrected chi connectivity index (χ0v) is 9.35. The van der Waals surface area contributed by atoms with Crippen molar-refractivity contribution in [3.05, 3.63) is 29.8 Å². The second-order valence-corrected chi connectivity index (χ2v) is 4.01. The number of nitrogens with zero attached hydrogens (tertiary/aromatic N) is 1. The number of hydrogen-bond donors (Lipinski definition) is 1. The lowest BCUT2D eigenvalue weighted by Gasteiger charge is -2.32. The maximum Gasteiger partial charge on any atom is 0.253 e. The predicted octanol–water partition coefficient (Wildman–Crippen LogP) is 0.686. The van der Waals surface area contributed by atoms with Gasteiger partial charge in [0.1, 0.15) is 6.61 Å². The molecule has 4 heteroatoms. The van der Waals surface area contributed by atoms with Crippen molar-refractivity contribution in [3.63, 3.8) is 0 Å². The average molecular weight is 220 g/mol. The normalized spacial score (nSPS) is 21.2. The minimum Gasteiger partial charge on any atom is -0.365 e. The van der Waals surface area contributed by atoms with E-state index >= 15 is 0 Å². The van der Waals surface area contributed by atoms with Crippen LogP contribution in [0.4, 0.5) is 5.69 Å². The molecular weight excluding hydrogens is 204 g/mol. The molecular formula is C12H16N2O2. The van der Waals surface area contributed by atoms with Gasteiger partial charge in [0.05, 0.1) is 12.6 Å². The van der Waals surface area contributed by atoms with Gasteiger partial charge in [-0.05, 0) is 24.6 Å². The van der Waals surface area contributed by atoms with Crippen molar-refractivity contribution in [2.24, 2.45) is 5.73 Å². The highest BCUT2D eigenvalue weighted by Crippen LogP contribution is 2.19. The molecule has 2 rings (SSSR count). The summed E-state index contributed by atoms with van der Waals surface area (Å²) in [6.45, 7) is 3.11. The maximum absolute atomic E-state index is 11.7. The highest BCUT2D eigenvalue weighted by atomic mass is 16.5. The molecule has 0 spiro atoms. The van der Waals surface area contributed by atoms with Gasteiger partial charge in [0.15, 0.2) is 0 Å². The van der Waals surface area contributed by atoms with Gasteiger partial charge in [0.25, 0.3) is 5.91 Å². The summed E-state index contributed by atoms with van der Waals surface area (Å²) in [4.78, 5) is 13.5. The topological polar surface area (TPSA) is 55.6 Å². The van der Waals surface area contributed by atoms with Gasteiger partial charge in [-0.15, -0.1) is 0 Å². The molecule has 1 aliphatic rings. The fraction of sp³-hybridized carbons (Fsp3) is 0.417. The Morgan fingerprint density at radius 3 is 3.06 bits per heavy atom. The van der Waals surface area contributed by atoms with E-state index in [4.69, 9.17) is 10.5 Å². The van der Waals surface area contributed by atoms with Gasteiger partial charge < -0.3 is 15.4 Å². The number of hydrogen-bond acceptors (Lipinski definition) is 3. The molecule has 1 amide bonds. The fourth-order valence-corrected chi connectivity index (χ4v) is 1.81. The summed E-state index contributed by atoms with van der Waals surface area (Å²) in [6, 6.07) is 7.89. The number of anilines is 1. The van der Waals surface area contributed by atoms with E-state index < -0.39 is 0 Å². The number of amides is 1. The van der Waals surface area contributed by atoms with Crippen molar-refractivity contribution in [1.82, 2.24) is 0 Å². The highest BCUT2D eigenvalue weighted by Gasteiger charge is 2.26. The Balaban J connectivity index is 2.21. The summed E-state index contributed by atoms with van der Waals surface area (Å²) < 4.78 is 5.31. The molecule has 1 aromatic rings. The molecule has 0 saturated carbocycles. The standard InChI is InChI=1S/C12H16N2O2/c1-9-3-2-4-10(5-9)14-7-11(6-13)16-8-12(14)15/h2-5,11H,6-8,13H2,1H3. The van der Waals surface area contributed by atoms with Crippen molar-refractivity contribution in [1.29, 1.82) is 0 Å². The van der Waals surface area contributed by atoms with E-state index in [2.05, 4.69) is 0 Å². The minimum absolute atomic E-state index is 0.00435. The van der Waals surface area contributed by atoms with Crippen LogP contribution in [0.5, 0.6) is 0 Å². The molecule has 4 nitrogen and oxygen atoms in total. The van der Waals surface area contributed by atoms with Gasteiger partial charge in [0, 0.05) is 12.2 Å². The Morgan fingerprint density at radius 1 is 1.56 bits per heavy atom. The molecule has 0 radical (unpaired) electrons. The monoisotopic (exact) mass is 220 g/mol. The van der Waals surface area contributed by atoms with E-state index in [1.165, 1.54) is 0 Å². The van der Waals surface area contributed by atoms with E-state index in [9.17, 15) is 4.79 Å². The van der Waals surface area contributed by atoms with Gasteiger partial charge in [-0.25, -0.2) is 0 Å². The Kier molecular flexibility index (Phi) is 3.22. The molecule has 0 bridgehead atoms. The van der Waals surface area contributed by atoms with Crippen LogP contribution in [0.25, 0.3) is 0 Å². The molecule has 1 saturated heterocycles. The molecule has 1 fully saturated rings. The smallest absolute Gasteiger partial charge is 0.253 e. The van der Waals surface area contributed by atoms with Crippen molar-refractivity contribution in [2.75, 3.05) is 24.6 Å². The molecule has 1 heterocycles. The van der Waals surface area contributed by atoms with E-state index in [0.29, 0.717) is 13.1 Å².